The number of nitrogens with zero attached hydrogens (tertiary/aromatic N) is 2. The fourth-order valence-corrected chi connectivity index (χ4v) is 4.10. The van der Waals surface area contributed by atoms with Gasteiger partial charge in [0.25, 0.3) is 5.91 Å². The Kier molecular flexibility index (Phi) is 7.45. The van der Waals surface area contributed by atoms with Crippen molar-refractivity contribution >= 4 is 46.4 Å². The van der Waals surface area contributed by atoms with Crippen LogP contribution in [0.2, 0.25) is 5.02 Å². The minimum Gasteiger partial charge on any atom is -0.308 e. The number of rotatable bonds is 5. The maximum absolute atomic E-state index is 13.9. The number of carbonyl (C=O) groups is 3. The van der Waals surface area contributed by atoms with E-state index < -0.39 is 23.5 Å². The van der Waals surface area contributed by atoms with E-state index in [2.05, 4.69) is 10.6 Å². The summed E-state index contributed by atoms with van der Waals surface area (Å²) in [6.45, 7) is 7.15. The Balaban J connectivity index is 1.79. The van der Waals surface area contributed by atoms with Gasteiger partial charge >= 0.3 is 6.03 Å². The fourth-order valence-electron chi connectivity index (χ4n) is 3.93. The number of benzene rings is 3. The van der Waals surface area contributed by atoms with Gasteiger partial charge in [0, 0.05) is 27.3 Å². The molecule has 1 aliphatic rings. The van der Waals surface area contributed by atoms with Crippen LogP contribution >= 0.6 is 11.6 Å². The molecule has 1 atom stereocenters. The molecular formula is C29H29ClN4O3. The maximum Gasteiger partial charge on any atom is 0.321 e. The highest BCUT2D eigenvalue weighted by atomic mass is 35.5. The standard InChI is InChI=1S/C29H29ClN4O3/c1-18-9-8-12-21(15-18)31-28(37)33-26-27(36)34(17-24(35)29(2,3)4)23-14-13-20(30)16-22(23)25(32-26)19-10-6-5-7-11-19/h5-16,26H,17H2,1-4H3,(H2,31,33,37)/t26-/m0/s1. The van der Waals surface area contributed by atoms with Crippen LogP contribution in [0.1, 0.15) is 37.5 Å². The van der Waals surface area contributed by atoms with Crippen molar-refractivity contribution in [1.82, 2.24) is 5.32 Å². The average molecular weight is 517 g/mol. The summed E-state index contributed by atoms with van der Waals surface area (Å²) in [5.74, 6) is -0.653. The number of urea groups is 1. The first-order valence-electron chi connectivity index (χ1n) is 11.9. The Bertz CT molecular complexity index is 1380. The molecule has 0 radical (unpaired) electrons. The highest BCUT2D eigenvalue weighted by Crippen LogP contribution is 2.31. The van der Waals surface area contributed by atoms with Gasteiger partial charge in [0.05, 0.1) is 17.9 Å². The first kappa shape index (κ1) is 26.1. The number of fused-ring (bicyclic) bond motifs is 1. The van der Waals surface area contributed by atoms with Crippen molar-refractivity contribution in [2.24, 2.45) is 10.4 Å². The van der Waals surface area contributed by atoms with Crippen LogP contribution in [0.25, 0.3) is 0 Å². The third kappa shape index (κ3) is 6.06. The zero-order valence-corrected chi connectivity index (χ0v) is 22.0. The molecule has 3 amide bonds. The molecule has 4 rings (SSSR count). The molecule has 0 bridgehead atoms. The Morgan fingerprint density at radius 2 is 1.73 bits per heavy atom. The molecule has 0 saturated heterocycles. The summed E-state index contributed by atoms with van der Waals surface area (Å²) < 4.78 is 0. The molecule has 0 saturated carbocycles. The number of anilines is 2. The number of hydrogen-bond acceptors (Lipinski definition) is 4. The molecule has 7 nitrogen and oxygen atoms in total. The quantitative estimate of drug-likeness (QED) is 0.462. The van der Waals surface area contributed by atoms with Gasteiger partial charge in [0.15, 0.2) is 5.78 Å². The van der Waals surface area contributed by atoms with Crippen LogP contribution in [0, 0.1) is 12.3 Å². The third-order valence-electron chi connectivity index (χ3n) is 5.99. The Morgan fingerprint density at radius 1 is 1.00 bits per heavy atom. The minimum atomic E-state index is -1.28. The molecule has 1 aliphatic heterocycles. The number of aliphatic imine (C=N–C) groups is 1. The van der Waals surface area contributed by atoms with E-state index >= 15 is 0 Å². The molecule has 0 unspecified atom stereocenters. The van der Waals surface area contributed by atoms with Gasteiger partial charge < -0.3 is 15.5 Å². The number of halogens is 1. The normalized spacial score (nSPS) is 15.4. The van der Waals surface area contributed by atoms with E-state index in [-0.39, 0.29) is 12.3 Å². The van der Waals surface area contributed by atoms with Crippen molar-refractivity contribution in [2.45, 2.75) is 33.9 Å². The van der Waals surface area contributed by atoms with Crippen molar-refractivity contribution in [1.29, 1.82) is 0 Å². The van der Waals surface area contributed by atoms with Gasteiger partial charge in [-0.05, 0) is 42.8 Å². The van der Waals surface area contributed by atoms with Gasteiger partial charge in [0.1, 0.15) is 0 Å². The second kappa shape index (κ2) is 10.6. The van der Waals surface area contributed by atoms with Crippen LogP contribution in [0.4, 0.5) is 16.2 Å². The molecule has 1 heterocycles. The lowest BCUT2D eigenvalue weighted by Crippen LogP contribution is -2.50. The monoisotopic (exact) mass is 516 g/mol. The molecule has 0 spiro atoms. The van der Waals surface area contributed by atoms with Crippen molar-refractivity contribution in [3.63, 3.8) is 0 Å². The predicted octanol–water partition coefficient (Wildman–Crippen LogP) is 5.60. The largest absolute Gasteiger partial charge is 0.321 e. The summed E-state index contributed by atoms with van der Waals surface area (Å²) in [7, 11) is 0. The van der Waals surface area contributed by atoms with Crippen molar-refractivity contribution < 1.29 is 14.4 Å². The number of benzodiazepines with no additional fused rings is 1. The lowest BCUT2D eigenvalue weighted by molar-refractivity contribution is -0.127. The maximum atomic E-state index is 13.9. The van der Waals surface area contributed by atoms with E-state index in [4.69, 9.17) is 16.6 Å². The summed E-state index contributed by atoms with van der Waals surface area (Å²) in [6, 6.07) is 21.2. The molecule has 37 heavy (non-hydrogen) atoms. The van der Waals surface area contributed by atoms with Gasteiger partial charge in [-0.3, -0.25) is 9.59 Å². The van der Waals surface area contributed by atoms with Crippen LogP contribution < -0.4 is 15.5 Å². The van der Waals surface area contributed by atoms with E-state index in [1.807, 2.05) is 55.5 Å². The van der Waals surface area contributed by atoms with Gasteiger partial charge in [-0.2, -0.15) is 0 Å². The van der Waals surface area contributed by atoms with E-state index in [1.165, 1.54) is 4.90 Å². The summed E-state index contributed by atoms with van der Waals surface area (Å²) in [5, 5.41) is 5.91. The molecule has 3 aromatic rings. The molecule has 0 aromatic heterocycles. The van der Waals surface area contributed by atoms with E-state index in [0.29, 0.717) is 27.7 Å². The Labute approximate surface area is 221 Å². The molecule has 0 fully saturated rings. The van der Waals surface area contributed by atoms with Gasteiger partial charge in [0.2, 0.25) is 6.17 Å². The molecule has 8 heteroatoms. The number of hydrogen-bond donors (Lipinski definition) is 2. The predicted molar refractivity (Wildman–Crippen MR) is 147 cm³/mol. The zero-order chi connectivity index (χ0) is 26.7. The summed E-state index contributed by atoms with van der Waals surface area (Å²) in [6.07, 6.45) is -1.28. The Hall–Kier alpha value is -3.97. The molecule has 3 aromatic carbocycles. The van der Waals surface area contributed by atoms with Crippen LogP contribution in [0.3, 0.4) is 0 Å². The van der Waals surface area contributed by atoms with Crippen molar-refractivity contribution in [2.75, 3.05) is 16.8 Å². The number of nitrogens with one attached hydrogen (secondary N) is 2. The van der Waals surface area contributed by atoms with Crippen LogP contribution in [-0.2, 0) is 9.59 Å². The van der Waals surface area contributed by atoms with Crippen LogP contribution in [-0.4, -0.2) is 36.1 Å². The topological polar surface area (TPSA) is 90.9 Å². The van der Waals surface area contributed by atoms with E-state index in [0.717, 1.165) is 11.1 Å². The summed E-state index contributed by atoms with van der Waals surface area (Å²) in [5.41, 5.74) is 3.21. The fraction of sp³-hybridized carbons (Fsp3) is 0.241. The van der Waals surface area contributed by atoms with E-state index in [1.54, 1.807) is 45.0 Å². The molecule has 2 N–H and O–H groups in total. The third-order valence-corrected chi connectivity index (χ3v) is 6.23. The number of Topliss-reactive ketones (excluding diaryl/α,β-unsaturated/α-hetero) is 1. The van der Waals surface area contributed by atoms with Gasteiger partial charge in [-0.25, -0.2) is 9.79 Å². The Morgan fingerprint density at radius 3 is 2.41 bits per heavy atom. The van der Waals surface area contributed by atoms with E-state index in [9.17, 15) is 14.4 Å². The number of ketones is 1. The minimum absolute atomic E-state index is 0.132. The second-order valence-corrected chi connectivity index (χ2v) is 10.4. The smallest absolute Gasteiger partial charge is 0.308 e. The van der Waals surface area contributed by atoms with Crippen molar-refractivity contribution in [3.05, 3.63) is 94.5 Å². The number of amides is 3. The zero-order valence-electron chi connectivity index (χ0n) is 21.2. The highest BCUT2D eigenvalue weighted by Gasteiger charge is 2.36. The van der Waals surface area contributed by atoms with Crippen molar-refractivity contribution in [3.8, 4) is 0 Å². The van der Waals surface area contributed by atoms with Gasteiger partial charge in [-0.15, -0.1) is 0 Å². The first-order chi connectivity index (χ1) is 17.5. The average Bonchev–Trinajstić information content (AvgIpc) is 2.94. The molecule has 190 valence electrons. The summed E-state index contributed by atoms with van der Waals surface area (Å²) >= 11 is 6.36. The lowest BCUT2D eigenvalue weighted by Gasteiger charge is -2.28. The number of carbonyl (C=O) groups excluding carboxylic acids is 3. The SMILES string of the molecule is Cc1cccc(NC(=O)N[C@@H]2N=C(c3ccccc3)c3cc(Cl)ccc3N(CC(=O)C(C)(C)C)C2=O)c1. The van der Waals surface area contributed by atoms with Gasteiger partial charge in [-0.1, -0.05) is 74.8 Å². The second-order valence-electron chi connectivity index (χ2n) is 9.97. The summed E-state index contributed by atoms with van der Waals surface area (Å²) in [4.78, 5) is 46.0. The first-order valence-corrected chi connectivity index (χ1v) is 12.3. The lowest BCUT2D eigenvalue weighted by atomic mass is 9.90. The van der Waals surface area contributed by atoms with Crippen LogP contribution in [0.15, 0.2) is 77.8 Å². The highest BCUT2D eigenvalue weighted by molar-refractivity contribution is 6.32. The molecule has 0 aliphatic carbocycles. The number of aryl methyl sites for hydroxylation is 1. The van der Waals surface area contributed by atoms with Crippen LogP contribution in [0.5, 0.6) is 0 Å². The molecular weight excluding hydrogens is 488 g/mol.